The third-order valence-corrected chi connectivity index (χ3v) is 4.91. The monoisotopic (exact) mass is 490 g/mol. The average Bonchev–Trinajstić information content (AvgIpc) is 2.88. The van der Waals surface area contributed by atoms with E-state index in [1.165, 1.54) is 0 Å². The number of ether oxygens (including phenoxy) is 4. The Morgan fingerprint density at radius 2 is 1.22 bits per heavy atom. The van der Waals surface area contributed by atoms with Crippen molar-refractivity contribution in [2.45, 2.75) is 19.3 Å². The second-order valence-electron chi connectivity index (χ2n) is 7.83. The van der Waals surface area contributed by atoms with Gasteiger partial charge in [-0.2, -0.15) is 0 Å². The van der Waals surface area contributed by atoms with Crippen molar-refractivity contribution in [3.05, 3.63) is 90.5 Å². The van der Waals surface area contributed by atoms with E-state index in [9.17, 15) is 9.59 Å². The van der Waals surface area contributed by atoms with Crippen molar-refractivity contribution in [3.8, 4) is 17.2 Å². The smallest absolute Gasteiger partial charge is 0.343 e. The summed E-state index contributed by atoms with van der Waals surface area (Å²) in [5, 5.41) is 0. The van der Waals surface area contributed by atoms with E-state index in [0.29, 0.717) is 54.0 Å². The number of anilines is 2. The van der Waals surface area contributed by atoms with E-state index in [4.69, 9.17) is 30.4 Å². The second kappa shape index (κ2) is 14.2. The van der Waals surface area contributed by atoms with Crippen LogP contribution in [0, 0.1) is 0 Å². The Morgan fingerprint density at radius 1 is 0.667 bits per heavy atom. The molecule has 0 saturated carbocycles. The molecule has 4 N–H and O–H groups in total. The third-order valence-electron chi connectivity index (χ3n) is 4.91. The van der Waals surface area contributed by atoms with Gasteiger partial charge in [-0.1, -0.05) is 12.2 Å². The van der Waals surface area contributed by atoms with Gasteiger partial charge in [0.15, 0.2) is 0 Å². The number of unbranched alkanes of at least 4 members (excludes halogenated alkanes) is 1. The number of nitrogen functional groups attached to an aromatic ring is 2. The molecule has 0 spiro atoms. The van der Waals surface area contributed by atoms with Crippen molar-refractivity contribution < 1.29 is 28.5 Å². The first-order chi connectivity index (χ1) is 17.5. The highest BCUT2D eigenvalue weighted by Crippen LogP contribution is 2.17. The van der Waals surface area contributed by atoms with Crippen molar-refractivity contribution >= 4 is 23.3 Å². The fraction of sp³-hybridized carbons (Fsp3) is 0.214. The largest absolute Gasteiger partial charge is 0.494 e. The summed E-state index contributed by atoms with van der Waals surface area (Å²) in [6.07, 6.45) is 5.33. The topological polar surface area (TPSA) is 123 Å². The van der Waals surface area contributed by atoms with Crippen LogP contribution in [-0.4, -0.2) is 31.8 Å². The highest BCUT2D eigenvalue weighted by molar-refractivity contribution is 5.91. The molecule has 3 rings (SSSR count). The SMILES string of the molecule is Nc1ccc(OC(=O)C/C=C\COCCCCOc2ccc(C(=O)Oc3ccc(N)cc3)cc2)cc1. The van der Waals surface area contributed by atoms with Gasteiger partial charge in [-0.3, -0.25) is 4.79 Å². The summed E-state index contributed by atoms with van der Waals surface area (Å²) in [5.74, 6) is 0.780. The van der Waals surface area contributed by atoms with E-state index < -0.39 is 5.97 Å². The van der Waals surface area contributed by atoms with Crippen LogP contribution in [0.3, 0.4) is 0 Å². The molecule has 0 atom stereocenters. The van der Waals surface area contributed by atoms with Gasteiger partial charge >= 0.3 is 11.9 Å². The van der Waals surface area contributed by atoms with Gasteiger partial charge in [0, 0.05) is 18.0 Å². The van der Waals surface area contributed by atoms with E-state index in [0.717, 1.165) is 12.8 Å². The number of carbonyl (C=O) groups is 2. The number of nitrogens with two attached hydrogens (primary N) is 2. The molecule has 0 heterocycles. The molecule has 3 aromatic rings. The Balaban J connectivity index is 1.22. The fourth-order valence-corrected chi connectivity index (χ4v) is 2.99. The molecule has 0 bridgehead atoms. The molecule has 0 amide bonds. The average molecular weight is 491 g/mol. The van der Waals surface area contributed by atoms with Crippen LogP contribution in [0.25, 0.3) is 0 Å². The highest BCUT2D eigenvalue weighted by atomic mass is 16.5. The minimum atomic E-state index is -0.448. The van der Waals surface area contributed by atoms with Gasteiger partial charge in [-0.25, -0.2) is 4.79 Å². The zero-order chi connectivity index (χ0) is 25.6. The zero-order valence-corrected chi connectivity index (χ0v) is 19.9. The van der Waals surface area contributed by atoms with E-state index >= 15 is 0 Å². The normalized spacial score (nSPS) is 10.8. The van der Waals surface area contributed by atoms with E-state index in [1.807, 2.05) is 0 Å². The molecule has 0 radical (unpaired) electrons. The summed E-state index contributed by atoms with van der Waals surface area (Å²) < 4.78 is 21.7. The standard InChI is InChI=1S/C28H30N2O6/c29-22-8-14-25(15-9-22)35-27(31)5-1-2-18-33-19-3-4-20-34-24-12-6-21(7-13-24)28(32)36-26-16-10-23(30)11-17-26/h1-2,6-17H,3-5,18-20,29-30H2/b2-1-. The lowest BCUT2D eigenvalue weighted by molar-refractivity contribution is -0.133. The lowest BCUT2D eigenvalue weighted by Crippen LogP contribution is -2.08. The van der Waals surface area contributed by atoms with Crippen LogP contribution in [0.5, 0.6) is 17.2 Å². The number of hydrogen-bond acceptors (Lipinski definition) is 8. The molecule has 0 aliphatic carbocycles. The van der Waals surface area contributed by atoms with Gasteiger partial charge in [-0.15, -0.1) is 0 Å². The minimum absolute atomic E-state index is 0.166. The molecule has 0 unspecified atom stereocenters. The van der Waals surface area contributed by atoms with Crippen LogP contribution in [0.15, 0.2) is 84.9 Å². The van der Waals surface area contributed by atoms with Crippen LogP contribution >= 0.6 is 0 Å². The summed E-state index contributed by atoms with van der Waals surface area (Å²) in [7, 11) is 0. The molecular weight excluding hydrogens is 460 g/mol. The van der Waals surface area contributed by atoms with Crippen LogP contribution in [0.4, 0.5) is 11.4 Å². The summed E-state index contributed by atoms with van der Waals surface area (Å²) in [6.45, 7) is 1.54. The van der Waals surface area contributed by atoms with Gasteiger partial charge in [0.1, 0.15) is 17.2 Å². The van der Waals surface area contributed by atoms with Gasteiger partial charge in [-0.05, 0) is 85.6 Å². The number of rotatable bonds is 13. The van der Waals surface area contributed by atoms with Gasteiger partial charge in [0.25, 0.3) is 0 Å². The maximum Gasteiger partial charge on any atom is 0.343 e. The van der Waals surface area contributed by atoms with Crippen molar-refractivity contribution in [1.82, 2.24) is 0 Å². The first-order valence-electron chi connectivity index (χ1n) is 11.6. The maximum atomic E-state index is 12.2. The number of carbonyl (C=O) groups excluding carboxylic acids is 2. The molecule has 8 nitrogen and oxygen atoms in total. The van der Waals surface area contributed by atoms with Crippen LogP contribution in [0.1, 0.15) is 29.6 Å². The maximum absolute atomic E-state index is 12.2. The molecule has 0 saturated heterocycles. The first kappa shape index (κ1) is 26.3. The number of benzene rings is 3. The Hall–Kier alpha value is -4.30. The molecule has 36 heavy (non-hydrogen) atoms. The predicted molar refractivity (Wildman–Crippen MR) is 138 cm³/mol. The van der Waals surface area contributed by atoms with Gasteiger partial charge in [0.2, 0.25) is 0 Å². The molecular formula is C28H30N2O6. The molecule has 3 aromatic carbocycles. The minimum Gasteiger partial charge on any atom is -0.494 e. The van der Waals surface area contributed by atoms with E-state index in [1.54, 1.807) is 84.9 Å². The summed E-state index contributed by atoms with van der Waals surface area (Å²) in [4.78, 5) is 24.0. The summed E-state index contributed by atoms with van der Waals surface area (Å²) in [6, 6.07) is 20.1. The van der Waals surface area contributed by atoms with Crippen LogP contribution in [-0.2, 0) is 9.53 Å². The molecule has 188 valence electrons. The number of esters is 2. The summed E-state index contributed by atoms with van der Waals surface area (Å²) in [5.41, 5.74) is 12.9. The highest BCUT2D eigenvalue weighted by Gasteiger charge is 2.09. The number of hydrogen-bond donors (Lipinski definition) is 2. The first-order valence-corrected chi connectivity index (χ1v) is 11.6. The quantitative estimate of drug-likeness (QED) is 0.115. The van der Waals surface area contributed by atoms with E-state index in [-0.39, 0.29) is 12.4 Å². The second-order valence-corrected chi connectivity index (χ2v) is 7.83. The predicted octanol–water partition coefficient (Wildman–Crippen LogP) is 4.80. The van der Waals surface area contributed by atoms with Crippen molar-refractivity contribution in [1.29, 1.82) is 0 Å². The van der Waals surface area contributed by atoms with Crippen molar-refractivity contribution in [3.63, 3.8) is 0 Å². The fourth-order valence-electron chi connectivity index (χ4n) is 2.99. The van der Waals surface area contributed by atoms with Crippen LogP contribution < -0.4 is 25.7 Å². The lowest BCUT2D eigenvalue weighted by Gasteiger charge is -2.08. The molecule has 0 aromatic heterocycles. The molecule has 0 aliphatic heterocycles. The Morgan fingerprint density at radius 3 is 1.86 bits per heavy atom. The third kappa shape index (κ3) is 9.52. The lowest BCUT2D eigenvalue weighted by atomic mass is 10.2. The molecule has 0 aliphatic rings. The van der Waals surface area contributed by atoms with E-state index in [2.05, 4.69) is 0 Å². The Labute approximate surface area is 210 Å². The van der Waals surface area contributed by atoms with Crippen molar-refractivity contribution in [2.75, 3.05) is 31.3 Å². The molecule has 0 fully saturated rings. The molecule has 8 heteroatoms. The summed E-state index contributed by atoms with van der Waals surface area (Å²) >= 11 is 0. The van der Waals surface area contributed by atoms with Gasteiger partial charge < -0.3 is 30.4 Å². The Kier molecular flexibility index (Phi) is 10.4. The van der Waals surface area contributed by atoms with Crippen molar-refractivity contribution in [2.24, 2.45) is 0 Å². The van der Waals surface area contributed by atoms with Crippen LogP contribution in [0.2, 0.25) is 0 Å². The Bertz CT molecular complexity index is 1130. The van der Waals surface area contributed by atoms with Gasteiger partial charge in [0.05, 0.1) is 25.2 Å². The zero-order valence-electron chi connectivity index (χ0n) is 19.9.